The summed E-state index contributed by atoms with van der Waals surface area (Å²) < 4.78 is 39.1. The quantitative estimate of drug-likeness (QED) is 0.533. The molecular weight excluding hydrogens is 405 g/mol. The molecule has 5 nitrogen and oxygen atoms in total. The first-order chi connectivity index (χ1) is 14.4. The number of alkyl halides is 3. The molecule has 31 heavy (non-hydrogen) atoms. The van der Waals surface area contributed by atoms with Crippen LogP contribution in [0.15, 0.2) is 53.5 Å². The van der Waals surface area contributed by atoms with Gasteiger partial charge < -0.3 is 15.5 Å². The third kappa shape index (κ3) is 6.73. The van der Waals surface area contributed by atoms with Crippen LogP contribution in [0.1, 0.15) is 40.9 Å². The van der Waals surface area contributed by atoms with Gasteiger partial charge in [-0.05, 0) is 29.3 Å². The molecule has 8 heteroatoms. The number of carbonyl (C=O) groups is 1. The van der Waals surface area contributed by atoms with E-state index >= 15 is 0 Å². The monoisotopic (exact) mass is 434 g/mol. The summed E-state index contributed by atoms with van der Waals surface area (Å²) in [5.74, 6) is 0.474. The van der Waals surface area contributed by atoms with Crippen LogP contribution in [0.25, 0.3) is 0 Å². The number of guanidine groups is 1. The summed E-state index contributed by atoms with van der Waals surface area (Å²) in [5, 5.41) is 6.36. The second-order valence-electron chi connectivity index (χ2n) is 8.14. The molecule has 0 saturated carbocycles. The average molecular weight is 435 g/mol. The van der Waals surface area contributed by atoms with E-state index < -0.39 is 17.2 Å². The lowest BCUT2D eigenvalue weighted by Crippen LogP contribution is -2.43. The van der Waals surface area contributed by atoms with Crippen LogP contribution in [0.4, 0.5) is 13.2 Å². The van der Waals surface area contributed by atoms with E-state index in [0.717, 1.165) is 11.6 Å². The Balaban J connectivity index is 1.97. The normalized spacial score (nSPS) is 12.5. The molecule has 0 aliphatic heterocycles. The maximum absolute atomic E-state index is 13.0. The van der Waals surface area contributed by atoms with Gasteiger partial charge >= 0.3 is 6.18 Å². The number of nitrogens with one attached hydrogen (secondary N) is 2. The zero-order valence-corrected chi connectivity index (χ0v) is 18.5. The van der Waals surface area contributed by atoms with Crippen molar-refractivity contribution in [2.75, 3.05) is 27.7 Å². The molecule has 168 valence electrons. The van der Waals surface area contributed by atoms with Gasteiger partial charge in [-0.1, -0.05) is 44.2 Å². The Labute approximate surface area is 181 Å². The molecular formula is C23H29F3N4O. The van der Waals surface area contributed by atoms with Gasteiger partial charge in [0.1, 0.15) is 0 Å². The van der Waals surface area contributed by atoms with Gasteiger partial charge in [0.15, 0.2) is 5.96 Å². The molecule has 2 aromatic carbocycles. The Kier molecular flexibility index (Phi) is 7.70. The van der Waals surface area contributed by atoms with Crippen molar-refractivity contribution in [2.24, 2.45) is 4.99 Å². The minimum atomic E-state index is -4.37. The fourth-order valence-electron chi connectivity index (χ4n) is 2.95. The Hall–Kier alpha value is -3.03. The summed E-state index contributed by atoms with van der Waals surface area (Å²) in [4.78, 5) is 17.7. The molecule has 2 aromatic rings. The average Bonchev–Trinajstić information content (AvgIpc) is 2.73. The summed E-state index contributed by atoms with van der Waals surface area (Å²) in [6, 6.07) is 12.7. The first kappa shape index (κ1) is 24.2. The van der Waals surface area contributed by atoms with Crippen LogP contribution in [-0.4, -0.2) is 44.5 Å². The topological polar surface area (TPSA) is 56.7 Å². The smallest absolute Gasteiger partial charge is 0.356 e. The largest absolute Gasteiger partial charge is 0.416 e. The number of carbonyl (C=O) groups excluding carboxylic acids is 1. The molecule has 0 spiro atoms. The van der Waals surface area contributed by atoms with E-state index in [2.05, 4.69) is 15.6 Å². The van der Waals surface area contributed by atoms with Crippen LogP contribution in [0.3, 0.4) is 0 Å². The van der Waals surface area contributed by atoms with Crippen LogP contribution in [-0.2, 0) is 18.1 Å². The van der Waals surface area contributed by atoms with Crippen molar-refractivity contribution in [1.82, 2.24) is 15.5 Å². The van der Waals surface area contributed by atoms with Gasteiger partial charge in [0.2, 0.25) is 0 Å². The van der Waals surface area contributed by atoms with Gasteiger partial charge in [-0.2, -0.15) is 13.2 Å². The lowest BCUT2D eigenvalue weighted by Gasteiger charge is -2.27. The molecule has 1 amide bonds. The van der Waals surface area contributed by atoms with Gasteiger partial charge in [-0.25, -0.2) is 0 Å². The van der Waals surface area contributed by atoms with E-state index in [4.69, 9.17) is 0 Å². The third-order valence-electron chi connectivity index (χ3n) is 4.96. The number of aliphatic imine (C=N–C) groups is 1. The van der Waals surface area contributed by atoms with E-state index in [1.165, 1.54) is 17.0 Å². The van der Waals surface area contributed by atoms with E-state index in [0.29, 0.717) is 30.2 Å². The fraction of sp³-hybridized carbons (Fsp3) is 0.391. The van der Waals surface area contributed by atoms with Crippen molar-refractivity contribution in [1.29, 1.82) is 0 Å². The fourth-order valence-corrected chi connectivity index (χ4v) is 2.95. The minimum absolute atomic E-state index is 0.0613. The molecule has 0 aromatic heterocycles. The summed E-state index contributed by atoms with van der Waals surface area (Å²) in [5.41, 5.74) is 0.963. The molecule has 0 aliphatic carbocycles. The highest BCUT2D eigenvalue weighted by atomic mass is 19.4. The molecule has 0 radical (unpaired) electrons. The number of hydrogen-bond donors (Lipinski definition) is 2. The Morgan fingerprint density at radius 3 is 2.16 bits per heavy atom. The highest BCUT2D eigenvalue weighted by Gasteiger charge is 2.32. The first-order valence-corrected chi connectivity index (χ1v) is 9.87. The predicted molar refractivity (Wildman–Crippen MR) is 117 cm³/mol. The summed E-state index contributed by atoms with van der Waals surface area (Å²) in [7, 11) is 5.04. The molecule has 0 fully saturated rings. The number of benzene rings is 2. The van der Waals surface area contributed by atoms with E-state index in [-0.39, 0.29) is 5.91 Å². The standard InChI is InChI=1S/C23H29F3N4O/c1-22(2,18-7-6-8-19(13-18)23(24,25)26)15-29-21(27-3)28-14-16-9-11-17(12-10-16)20(31)30(4)5/h6-13H,14-15H2,1-5H3,(H2,27,28,29). The van der Waals surface area contributed by atoms with E-state index in [1.807, 2.05) is 26.0 Å². The van der Waals surface area contributed by atoms with Crippen molar-refractivity contribution in [3.63, 3.8) is 0 Å². The lowest BCUT2D eigenvalue weighted by atomic mass is 9.84. The number of halogens is 3. The number of amides is 1. The summed E-state index contributed by atoms with van der Waals surface area (Å²) in [6.07, 6.45) is -4.37. The zero-order chi connectivity index (χ0) is 23.2. The molecule has 0 bridgehead atoms. The first-order valence-electron chi connectivity index (χ1n) is 9.87. The van der Waals surface area contributed by atoms with Crippen LogP contribution in [0.5, 0.6) is 0 Å². The van der Waals surface area contributed by atoms with E-state index in [1.54, 1.807) is 39.3 Å². The van der Waals surface area contributed by atoms with Gasteiger partial charge in [0, 0.05) is 45.2 Å². The maximum Gasteiger partial charge on any atom is 0.416 e. The molecule has 0 aliphatic rings. The Morgan fingerprint density at radius 2 is 1.61 bits per heavy atom. The van der Waals surface area contributed by atoms with Crippen molar-refractivity contribution in [2.45, 2.75) is 32.0 Å². The van der Waals surface area contributed by atoms with Crippen molar-refractivity contribution in [3.05, 3.63) is 70.8 Å². The predicted octanol–water partition coefficient (Wildman–Crippen LogP) is 4.05. The second kappa shape index (κ2) is 9.85. The molecule has 0 heterocycles. The highest BCUT2D eigenvalue weighted by Crippen LogP contribution is 2.32. The van der Waals surface area contributed by atoms with E-state index in [9.17, 15) is 18.0 Å². The molecule has 0 atom stereocenters. The maximum atomic E-state index is 13.0. The number of hydrogen-bond acceptors (Lipinski definition) is 2. The number of nitrogens with zero attached hydrogens (tertiary/aromatic N) is 2. The summed E-state index contributed by atoms with van der Waals surface area (Å²) >= 11 is 0. The van der Waals surface area contributed by atoms with Crippen molar-refractivity contribution in [3.8, 4) is 0 Å². The minimum Gasteiger partial charge on any atom is -0.356 e. The Bertz CT molecular complexity index is 919. The van der Waals surface area contributed by atoms with Gasteiger partial charge in [0.05, 0.1) is 5.56 Å². The van der Waals surface area contributed by atoms with Crippen molar-refractivity contribution < 1.29 is 18.0 Å². The molecule has 2 rings (SSSR count). The zero-order valence-electron chi connectivity index (χ0n) is 18.5. The SMILES string of the molecule is CN=C(NCc1ccc(C(=O)N(C)C)cc1)NCC(C)(C)c1cccc(C(F)(F)F)c1. The van der Waals surface area contributed by atoms with Crippen molar-refractivity contribution >= 4 is 11.9 Å². The van der Waals surface area contributed by atoms with Gasteiger partial charge in [-0.15, -0.1) is 0 Å². The molecule has 0 saturated heterocycles. The van der Waals surface area contributed by atoms with Crippen LogP contribution in [0.2, 0.25) is 0 Å². The number of rotatable bonds is 6. The third-order valence-corrected chi connectivity index (χ3v) is 4.96. The molecule has 0 unspecified atom stereocenters. The lowest BCUT2D eigenvalue weighted by molar-refractivity contribution is -0.137. The molecule has 2 N–H and O–H groups in total. The van der Waals surface area contributed by atoms with Crippen LogP contribution >= 0.6 is 0 Å². The van der Waals surface area contributed by atoms with Crippen LogP contribution in [0, 0.1) is 0 Å². The summed E-state index contributed by atoms with van der Waals surface area (Å²) in [6.45, 7) is 4.64. The van der Waals surface area contributed by atoms with Gasteiger partial charge in [-0.3, -0.25) is 9.79 Å². The second-order valence-corrected chi connectivity index (χ2v) is 8.14. The highest BCUT2D eigenvalue weighted by molar-refractivity contribution is 5.93. The Morgan fingerprint density at radius 1 is 1.00 bits per heavy atom. The van der Waals surface area contributed by atoms with Crippen LogP contribution < -0.4 is 10.6 Å². The van der Waals surface area contributed by atoms with Gasteiger partial charge in [0.25, 0.3) is 5.91 Å².